The Balaban J connectivity index is 4.00. The average molecular weight is 260 g/mol. The van der Waals surface area contributed by atoms with Gasteiger partial charge in [0.1, 0.15) is 6.04 Å². The Morgan fingerprint density at radius 3 is 2.44 bits per heavy atom. The summed E-state index contributed by atoms with van der Waals surface area (Å²) in [4.78, 5) is 24.1. The molecule has 0 saturated carbocycles. The fraction of sp³-hybridized carbons (Fsp3) is 0.833. The van der Waals surface area contributed by atoms with Gasteiger partial charge in [-0.1, -0.05) is 13.3 Å². The number of carbonyl (C=O) groups excluding carboxylic acids is 1. The van der Waals surface area contributed by atoms with Crippen LogP contribution < -0.4 is 5.32 Å². The van der Waals surface area contributed by atoms with Crippen LogP contribution in [-0.4, -0.2) is 53.4 Å². The number of aliphatic carboxylic acids is 1. The molecule has 0 bridgehead atoms. The number of aliphatic hydroxyl groups is 1. The van der Waals surface area contributed by atoms with Gasteiger partial charge in [0, 0.05) is 20.2 Å². The van der Waals surface area contributed by atoms with Crippen molar-refractivity contribution in [2.24, 2.45) is 0 Å². The smallest absolute Gasteiger partial charge is 0.326 e. The van der Waals surface area contributed by atoms with Gasteiger partial charge in [-0.3, -0.25) is 0 Å². The highest BCUT2D eigenvalue weighted by molar-refractivity contribution is 5.82. The third-order valence-electron chi connectivity index (χ3n) is 2.67. The van der Waals surface area contributed by atoms with Crippen LogP contribution in [0, 0.1) is 0 Å². The number of carboxylic acids is 1. The molecule has 3 N–H and O–H groups in total. The van der Waals surface area contributed by atoms with Crippen LogP contribution in [0.15, 0.2) is 0 Å². The summed E-state index contributed by atoms with van der Waals surface area (Å²) in [6.07, 6.45) is 3.52. The van der Waals surface area contributed by atoms with Crippen molar-refractivity contribution in [1.82, 2.24) is 10.2 Å². The predicted molar refractivity (Wildman–Crippen MR) is 68.4 cm³/mol. The molecule has 6 heteroatoms. The standard InChI is InChI=1S/C12H24N2O4/c1-3-7-10(11(16)17)13-12(18)14(2)8-5-4-6-9-15/h10,15H,3-9H2,1-2H3,(H,13,18)(H,16,17). The molecule has 0 aliphatic carbocycles. The quantitative estimate of drug-likeness (QED) is 0.540. The molecule has 0 spiro atoms. The number of rotatable bonds is 9. The highest BCUT2D eigenvalue weighted by Crippen LogP contribution is 2.00. The molecule has 0 aromatic carbocycles. The van der Waals surface area contributed by atoms with E-state index in [4.69, 9.17) is 10.2 Å². The minimum atomic E-state index is -1.00. The Morgan fingerprint density at radius 2 is 1.94 bits per heavy atom. The molecule has 0 aromatic heterocycles. The van der Waals surface area contributed by atoms with Gasteiger partial charge in [-0.15, -0.1) is 0 Å². The predicted octanol–water partition coefficient (Wildman–Crippen LogP) is 1.04. The van der Waals surface area contributed by atoms with E-state index in [9.17, 15) is 9.59 Å². The van der Waals surface area contributed by atoms with E-state index in [0.29, 0.717) is 19.4 Å². The lowest BCUT2D eigenvalue weighted by molar-refractivity contribution is -0.139. The van der Waals surface area contributed by atoms with E-state index in [-0.39, 0.29) is 12.6 Å². The van der Waals surface area contributed by atoms with Gasteiger partial charge in [-0.25, -0.2) is 9.59 Å². The average Bonchev–Trinajstić information content (AvgIpc) is 2.33. The van der Waals surface area contributed by atoms with Crippen molar-refractivity contribution in [1.29, 1.82) is 0 Å². The summed E-state index contributed by atoms with van der Waals surface area (Å²) in [5, 5.41) is 20.0. The fourth-order valence-corrected chi connectivity index (χ4v) is 1.54. The lowest BCUT2D eigenvalue weighted by Crippen LogP contribution is -2.46. The molecule has 0 rings (SSSR count). The number of carboxylic acid groups (broad SMARTS) is 1. The second-order valence-corrected chi connectivity index (χ2v) is 4.33. The molecule has 0 radical (unpaired) electrons. The lowest BCUT2D eigenvalue weighted by Gasteiger charge is -2.21. The number of amides is 2. The zero-order valence-corrected chi connectivity index (χ0v) is 11.2. The van der Waals surface area contributed by atoms with Gasteiger partial charge in [0.05, 0.1) is 0 Å². The van der Waals surface area contributed by atoms with E-state index in [2.05, 4.69) is 5.32 Å². The van der Waals surface area contributed by atoms with E-state index >= 15 is 0 Å². The number of carbonyl (C=O) groups is 2. The Bertz CT molecular complexity index is 258. The molecular formula is C12H24N2O4. The zero-order chi connectivity index (χ0) is 14.0. The second kappa shape index (κ2) is 9.70. The highest BCUT2D eigenvalue weighted by atomic mass is 16.4. The van der Waals surface area contributed by atoms with Crippen molar-refractivity contribution in [3.63, 3.8) is 0 Å². The van der Waals surface area contributed by atoms with Crippen molar-refractivity contribution < 1.29 is 19.8 Å². The summed E-state index contributed by atoms with van der Waals surface area (Å²) in [5.74, 6) is -1.00. The van der Waals surface area contributed by atoms with Gasteiger partial charge in [0.25, 0.3) is 0 Å². The second-order valence-electron chi connectivity index (χ2n) is 4.33. The van der Waals surface area contributed by atoms with Gasteiger partial charge in [-0.05, 0) is 25.7 Å². The molecule has 0 aliphatic heterocycles. The number of aliphatic hydroxyl groups excluding tert-OH is 1. The maximum absolute atomic E-state index is 11.7. The fourth-order valence-electron chi connectivity index (χ4n) is 1.54. The van der Waals surface area contributed by atoms with Gasteiger partial charge >= 0.3 is 12.0 Å². The Morgan fingerprint density at radius 1 is 1.28 bits per heavy atom. The van der Waals surface area contributed by atoms with Crippen LogP contribution in [0.5, 0.6) is 0 Å². The molecule has 0 saturated heterocycles. The third-order valence-corrected chi connectivity index (χ3v) is 2.67. The molecule has 0 aromatic rings. The number of nitrogens with zero attached hydrogens (tertiary/aromatic N) is 1. The zero-order valence-electron chi connectivity index (χ0n) is 11.2. The molecule has 0 fully saturated rings. The maximum atomic E-state index is 11.7. The van der Waals surface area contributed by atoms with E-state index in [1.165, 1.54) is 4.90 Å². The summed E-state index contributed by atoms with van der Waals surface area (Å²) < 4.78 is 0. The van der Waals surface area contributed by atoms with E-state index in [1.54, 1.807) is 7.05 Å². The van der Waals surface area contributed by atoms with E-state index < -0.39 is 12.0 Å². The molecular weight excluding hydrogens is 236 g/mol. The van der Waals surface area contributed by atoms with Crippen LogP contribution in [0.2, 0.25) is 0 Å². The minimum Gasteiger partial charge on any atom is -0.480 e. The third kappa shape index (κ3) is 7.11. The normalized spacial score (nSPS) is 11.9. The number of nitrogens with one attached hydrogen (secondary N) is 1. The highest BCUT2D eigenvalue weighted by Gasteiger charge is 2.20. The SMILES string of the molecule is CCCC(NC(=O)N(C)CCCCCO)C(=O)O. The maximum Gasteiger partial charge on any atom is 0.326 e. The van der Waals surface area contributed by atoms with Crippen LogP contribution >= 0.6 is 0 Å². The number of urea groups is 1. The largest absolute Gasteiger partial charge is 0.480 e. The van der Waals surface area contributed by atoms with Crippen molar-refractivity contribution in [2.75, 3.05) is 20.2 Å². The Labute approximate surface area is 108 Å². The minimum absolute atomic E-state index is 0.160. The summed E-state index contributed by atoms with van der Waals surface area (Å²) >= 11 is 0. The van der Waals surface area contributed by atoms with Gasteiger partial charge in [-0.2, -0.15) is 0 Å². The topological polar surface area (TPSA) is 89.9 Å². The molecule has 106 valence electrons. The summed E-state index contributed by atoms with van der Waals surface area (Å²) in [5.41, 5.74) is 0. The first-order valence-electron chi connectivity index (χ1n) is 6.38. The van der Waals surface area contributed by atoms with Gasteiger partial charge < -0.3 is 20.4 Å². The molecule has 2 amide bonds. The first-order valence-corrected chi connectivity index (χ1v) is 6.38. The molecule has 6 nitrogen and oxygen atoms in total. The van der Waals surface area contributed by atoms with Crippen LogP contribution in [0.4, 0.5) is 4.79 Å². The molecule has 1 unspecified atom stereocenters. The first-order chi connectivity index (χ1) is 8.52. The lowest BCUT2D eigenvalue weighted by atomic mass is 10.2. The van der Waals surface area contributed by atoms with Crippen LogP contribution in [0.1, 0.15) is 39.0 Å². The summed E-state index contributed by atoms with van der Waals surface area (Å²) in [6, 6.07) is -1.18. The van der Waals surface area contributed by atoms with Gasteiger partial charge in [0.15, 0.2) is 0 Å². The summed E-state index contributed by atoms with van der Waals surface area (Å²) in [6.45, 7) is 2.60. The summed E-state index contributed by atoms with van der Waals surface area (Å²) in [7, 11) is 1.64. The Kier molecular flexibility index (Phi) is 9.00. The monoisotopic (exact) mass is 260 g/mol. The molecule has 1 atom stereocenters. The number of hydrogen-bond acceptors (Lipinski definition) is 3. The molecule has 0 heterocycles. The van der Waals surface area contributed by atoms with Crippen molar-refractivity contribution >= 4 is 12.0 Å². The Hall–Kier alpha value is -1.30. The van der Waals surface area contributed by atoms with E-state index in [1.807, 2.05) is 6.92 Å². The van der Waals surface area contributed by atoms with Gasteiger partial charge in [0.2, 0.25) is 0 Å². The number of hydrogen-bond donors (Lipinski definition) is 3. The van der Waals surface area contributed by atoms with Crippen LogP contribution in [0.3, 0.4) is 0 Å². The van der Waals surface area contributed by atoms with Crippen molar-refractivity contribution in [2.45, 2.75) is 45.1 Å². The first kappa shape index (κ1) is 16.7. The number of unbranched alkanes of at least 4 members (excludes halogenated alkanes) is 2. The van der Waals surface area contributed by atoms with Crippen LogP contribution in [-0.2, 0) is 4.79 Å². The molecule has 18 heavy (non-hydrogen) atoms. The van der Waals surface area contributed by atoms with E-state index in [0.717, 1.165) is 19.3 Å². The van der Waals surface area contributed by atoms with Crippen LogP contribution in [0.25, 0.3) is 0 Å². The van der Waals surface area contributed by atoms with Crippen molar-refractivity contribution in [3.05, 3.63) is 0 Å². The molecule has 0 aliphatic rings. The van der Waals surface area contributed by atoms with Crippen molar-refractivity contribution in [3.8, 4) is 0 Å².